The van der Waals surface area contributed by atoms with Crippen molar-refractivity contribution in [3.05, 3.63) is 40.5 Å². The number of rotatable bonds is 1. The van der Waals surface area contributed by atoms with Crippen LogP contribution in [0.2, 0.25) is 0 Å². The Hall–Kier alpha value is -0.410. The van der Waals surface area contributed by atoms with E-state index in [4.69, 9.17) is 0 Å². The summed E-state index contributed by atoms with van der Waals surface area (Å²) in [5.74, 6) is 0. The minimum Gasteiger partial charge on any atom is -0.251 e. The molecule has 0 aliphatic carbocycles. The first-order chi connectivity index (χ1) is 6.31. The predicted molar refractivity (Wildman–Crippen MR) is 62.1 cm³/mol. The molecular weight excluding hydrogens is 294 g/mol. The summed E-state index contributed by atoms with van der Waals surface area (Å²) in [4.78, 5) is 4.50. The molecule has 1 nitrogen and oxygen atoms in total. The quantitative estimate of drug-likeness (QED) is 0.728. The number of hydrogen-bond acceptors (Lipinski definition) is 1. The molecule has 3 heteroatoms. The molecule has 0 amide bonds. The van der Waals surface area contributed by atoms with Gasteiger partial charge in [-0.3, -0.25) is 4.98 Å². The number of benzene rings is 1. The lowest BCUT2D eigenvalue weighted by Crippen LogP contribution is -1.86. The molecule has 0 aliphatic rings. The summed E-state index contributed by atoms with van der Waals surface area (Å²) in [6.07, 6.45) is 0. The van der Waals surface area contributed by atoms with Gasteiger partial charge in [-0.15, -0.1) is 0 Å². The number of halogens is 2. The van der Waals surface area contributed by atoms with Crippen LogP contribution in [-0.4, -0.2) is 4.98 Å². The Morgan fingerprint density at radius 1 is 1.15 bits per heavy atom. The van der Waals surface area contributed by atoms with Crippen molar-refractivity contribution in [3.63, 3.8) is 0 Å². The van der Waals surface area contributed by atoms with E-state index in [1.165, 1.54) is 5.39 Å². The molecular formula is C10H7Br2N. The SMILES string of the molecule is BrCc1ccc2cccc(Br)c2n1. The van der Waals surface area contributed by atoms with E-state index in [0.717, 1.165) is 21.0 Å². The van der Waals surface area contributed by atoms with E-state index in [1.807, 2.05) is 18.2 Å². The maximum Gasteiger partial charge on any atom is 0.0847 e. The summed E-state index contributed by atoms with van der Waals surface area (Å²) < 4.78 is 1.05. The molecule has 0 N–H and O–H groups in total. The third-order valence-corrected chi connectivity index (χ3v) is 3.08. The molecule has 0 aliphatic heterocycles. The van der Waals surface area contributed by atoms with Crippen molar-refractivity contribution in [3.8, 4) is 0 Å². The summed E-state index contributed by atoms with van der Waals surface area (Å²) in [5.41, 5.74) is 2.08. The maximum absolute atomic E-state index is 4.50. The van der Waals surface area contributed by atoms with Gasteiger partial charge >= 0.3 is 0 Å². The fourth-order valence-electron chi connectivity index (χ4n) is 1.23. The normalized spacial score (nSPS) is 10.6. The van der Waals surface area contributed by atoms with Crippen LogP contribution in [0.5, 0.6) is 0 Å². The standard InChI is InChI=1S/C10H7Br2N/c11-6-8-5-4-7-2-1-3-9(12)10(7)13-8/h1-5H,6H2. The van der Waals surface area contributed by atoms with Gasteiger partial charge in [0.15, 0.2) is 0 Å². The van der Waals surface area contributed by atoms with Gasteiger partial charge in [0.05, 0.1) is 11.2 Å². The van der Waals surface area contributed by atoms with Gasteiger partial charge in [0, 0.05) is 15.2 Å². The fraction of sp³-hybridized carbons (Fsp3) is 0.100. The highest BCUT2D eigenvalue weighted by atomic mass is 79.9. The fourth-order valence-corrected chi connectivity index (χ4v) is 2.01. The van der Waals surface area contributed by atoms with Crippen LogP contribution >= 0.6 is 31.9 Å². The van der Waals surface area contributed by atoms with Gasteiger partial charge in [-0.25, -0.2) is 0 Å². The molecule has 0 saturated carbocycles. The molecule has 13 heavy (non-hydrogen) atoms. The number of pyridine rings is 1. The second-order valence-electron chi connectivity index (χ2n) is 2.75. The Bertz CT molecular complexity index is 440. The predicted octanol–water partition coefficient (Wildman–Crippen LogP) is 3.89. The van der Waals surface area contributed by atoms with Gasteiger partial charge in [-0.2, -0.15) is 0 Å². The molecule has 66 valence electrons. The van der Waals surface area contributed by atoms with Gasteiger partial charge in [0.25, 0.3) is 0 Å². The van der Waals surface area contributed by atoms with E-state index in [-0.39, 0.29) is 0 Å². The summed E-state index contributed by atoms with van der Waals surface area (Å²) in [6, 6.07) is 10.2. The van der Waals surface area contributed by atoms with Gasteiger partial charge in [0.1, 0.15) is 0 Å². The molecule has 1 aromatic heterocycles. The van der Waals surface area contributed by atoms with Crippen molar-refractivity contribution in [2.24, 2.45) is 0 Å². The van der Waals surface area contributed by atoms with Crippen LogP contribution in [0.15, 0.2) is 34.8 Å². The molecule has 0 fully saturated rings. The summed E-state index contributed by atoms with van der Waals surface area (Å²) in [5, 5.41) is 1.96. The van der Waals surface area contributed by atoms with E-state index < -0.39 is 0 Å². The van der Waals surface area contributed by atoms with E-state index in [1.54, 1.807) is 0 Å². The molecule has 0 unspecified atom stereocenters. The Morgan fingerprint density at radius 2 is 2.00 bits per heavy atom. The summed E-state index contributed by atoms with van der Waals surface area (Å²) in [7, 11) is 0. The van der Waals surface area contributed by atoms with Crippen molar-refractivity contribution in [1.82, 2.24) is 4.98 Å². The molecule has 0 atom stereocenters. The molecule has 0 spiro atoms. The average Bonchev–Trinajstić information content (AvgIpc) is 2.18. The van der Waals surface area contributed by atoms with Gasteiger partial charge in [0.2, 0.25) is 0 Å². The molecule has 1 aromatic carbocycles. The lowest BCUT2D eigenvalue weighted by atomic mass is 10.2. The third-order valence-electron chi connectivity index (χ3n) is 1.87. The van der Waals surface area contributed by atoms with Crippen molar-refractivity contribution < 1.29 is 0 Å². The van der Waals surface area contributed by atoms with Crippen LogP contribution in [0.1, 0.15) is 5.69 Å². The van der Waals surface area contributed by atoms with Crippen LogP contribution in [0.4, 0.5) is 0 Å². The van der Waals surface area contributed by atoms with Crippen LogP contribution < -0.4 is 0 Å². The highest BCUT2D eigenvalue weighted by Gasteiger charge is 2.00. The summed E-state index contributed by atoms with van der Waals surface area (Å²) >= 11 is 6.87. The van der Waals surface area contributed by atoms with E-state index in [2.05, 4.69) is 49.0 Å². The second kappa shape index (κ2) is 3.76. The highest BCUT2D eigenvalue weighted by molar-refractivity contribution is 9.10. The zero-order chi connectivity index (χ0) is 9.26. The maximum atomic E-state index is 4.50. The third kappa shape index (κ3) is 1.76. The number of fused-ring (bicyclic) bond motifs is 1. The smallest absolute Gasteiger partial charge is 0.0847 e. The topological polar surface area (TPSA) is 12.9 Å². The molecule has 1 heterocycles. The van der Waals surface area contributed by atoms with Crippen LogP contribution in [0.25, 0.3) is 10.9 Å². The van der Waals surface area contributed by atoms with Crippen molar-refractivity contribution in [2.75, 3.05) is 0 Å². The number of hydrogen-bond donors (Lipinski definition) is 0. The number of alkyl halides is 1. The van der Waals surface area contributed by atoms with Crippen LogP contribution in [0.3, 0.4) is 0 Å². The van der Waals surface area contributed by atoms with Crippen molar-refractivity contribution in [1.29, 1.82) is 0 Å². The highest BCUT2D eigenvalue weighted by Crippen LogP contribution is 2.22. The number of aromatic nitrogens is 1. The van der Waals surface area contributed by atoms with Gasteiger partial charge < -0.3 is 0 Å². The first-order valence-corrected chi connectivity index (χ1v) is 5.83. The first kappa shape index (κ1) is 9.16. The summed E-state index contributed by atoms with van der Waals surface area (Å²) in [6.45, 7) is 0. The average molecular weight is 301 g/mol. The zero-order valence-electron chi connectivity index (χ0n) is 6.80. The Labute approximate surface area is 93.4 Å². The van der Waals surface area contributed by atoms with Crippen LogP contribution in [0, 0.1) is 0 Å². The Balaban J connectivity index is 2.74. The van der Waals surface area contributed by atoms with E-state index in [9.17, 15) is 0 Å². The minimum atomic E-state index is 0.796. The Morgan fingerprint density at radius 3 is 2.77 bits per heavy atom. The molecule has 2 aromatic rings. The molecule has 0 bridgehead atoms. The monoisotopic (exact) mass is 299 g/mol. The zero-order valence-corrected chi connectivity index (χ0v) is 9.97. The number of para-hydroxylation sites is 1. The first-order valence-electron chi connectivity index (χ1n) is 3.91. The lowest BCUT2D eigenvalue weighted by Gasteiger charge is -2.01. The lowest BCUT2D eigenvalue weighted by molar-refractivity contribution is 1.23. The molecule has 2 rings (SSSR count). The van der Waals surface area contributed by atoms with Crippen molar-refractivity contribution >= 4 is 42.8 Å². The number of nitrogens with zero attached hydrogens (tertiary/aromatic N) is 1. The second-order valence-corrected chi connectivity index (χ2v) is 4.16. The molecule has 0 radical (unpaired) electrons. The molecule has 0 saturated heterocycles. The van der Waals surface area contributed by atoms with E-state index in [0.29, 0.717) is 0 Å². The van der Waals surface area contributed by atoms with E-state index >= 15 is 0 Å². The largest absolute Gasteiger partial charge is 0.251 e. The van der Waals surface area contributed by atoms with Crippen LogP contribution in [-0.2, 0) is 5.33 Å². The van der Waals surface area contributed by atoms with Gasteiger partial charge in [-0.1, -0.05) is 34.1 Å². The van der Waals surface area contributed by atoms with Gasteiger partial charge in [-0.05, 0) is 28.1 Å². The minimum absolute atomic E-state index is 0.796. The Kier molecular flexibility index (Phi) is 2.65. The van der Waals surface area contributed by atoms with Crippen molar-refractivity contribution in [2.45, 2.75) is 5.33 Å².